The van der Waals surface area contributed by atoms with Gasteiger partial charge in [-0.15, -0.1) is 5.10 Å². The van der Waals surface area contributed by atoms with E-state index >= 15 is 0 Å². The van der Waals surface area contributed by atoms with E-state index in [2.05, 4.69) is 20.2 Å². The number of fused-ring (bicyclic) bond motifs is 1. The molecule has 0 fully saturated rings. The highest BCUT2D eigenvalue weighted by Gasteiger charge is 2.08. The zero-order valence-corrected chi connectivity index (χ0v) is 15.4. The smallest absolute Gasteiger partial charge is 0.261 e. The van der Waals surface area contributed by atoms with Crippen molar-refractivity contribution >= 4 is 22.7 Å². The van der Waals surface area contributed by atoms with Gasteiger partial charge in [0.1, 0.15) is 5.75 Å². The Kier molecular flexibility index (Phi) is 4.88. The summed E-state index contributed by atoms with van der Waals surface area (Å²) in [6.45, 7) is 0.535. The van der Waals surface area contributed by atoms with Crippen LogP contribution < -0.4 is 10.3 Å². The fraction of sp³-hybridized carbons (Fsp3) is 0.158. The number of benzene rings is 2. The van der Waals surface area contributed by atoms with Crippen LogP contribution in [0.5, 0.6) is 5.75 Å². The molecule has 1 N–H and O–H groups in total. The van der Waals surface area contributed by atoms with Crippen LogP contribution in [-0.2, 0) is 6.54 Å². The monoisotopic (exact) mass is 379 g/mol. The van der Waals surface area contributed by atoms with Gasteiger partial charge in [0.05, 0.1) is 24.3 Å². The number of para-hydroxylation sites is 1. The van der Waals surface area contributed by atoms with Crippen molar-refractivity contribution in [1.82, 2.24) is 24.7 Å². The summed E-state index contributed by atoms with van der Waals surface area (Å²) in [5.74, 6) is 2.16. The Morgan fingerprint density at radius 2 is 1.96 bits per heavy atom. The van der Waals surface area contributed by atoms with Crippen molar-refractivity contribution in [3.05, 3.63) is 65.2 Å². The maximum absolute atomic E-state index is 12.5. The molecule has 27 heavy (non-hydrogen) atoms. The lowest BCUT2D eigenvalue weighted by molar-refractivity contribution is 0.415. The molecule has 0 unspecified atom stereocenters. The minimum Gasteiger partial charge on any atom is -0.497 e. The van der Waals surface area contributed by atoms with Gasteiger partial charge in [-0.05, 0) is 36.4 Å². The Hall–Kier alpha value is -3.13. The quantitative estimate of drug-likeness (QED) is 0.519. The number of hydrogen-bond donors (Lipinski definition) is 1. The van der Waals surface area contributed by atoms with Gasteiger partial charge in [-0.3, -0.25) is 14.5 Å². The number of nitrogens with zero attached hydrogens (tertiary/aromatic N) is 4. The van der Waals surface area contributed by atoms with Gasteiger partial charge in [-0.25, -0.2) is 9.97 Å². The Morgan fingerprint density at radius 3 is 2.78 bits per heavy atom. The first-order valence-electron chi connectivity index (χ1n) is 8.38. The van der Waals surface area contributed by atoms with E-state index in [1.807, 2.05) is 42.5 Å². The predicted molar refractivity (Wildman–Crippen MR) is 105 cm³/mol. The van der Waals surface area contributed by atoms with Crippen molar-refractivity contribution < 1.29 is 4.74 Å². The molecule has 2 heterocycles. The van der Waals surface area contributed by atoms with E-state index in [9.17, 15) is 4.79 Å². The van der Waals surface area contributed by atoms with Gasteiger partial charge in [0.2, 0.25) is 5.16 Å². The van der Waals surface area contributed by atoms with Crippen LogP contribution in [0.3, 0.4) is 0 Å². The minimum absolute atomic E-state index is 0.0323. The second-order valence-corrected chi connectivity index (χ2v) is 6.87. The van der Waals surface area contributed by atoms with Gasteiger partial charge in [0.25, 0.3) is 5.56 Å². The van der Waals surface area contributed by atoms with Crippen molar-refractivity contribution in [2.24, 2.45) is 0 Å². The van der Waals surface area contributed by atoms with Crippen LogP contribution in [-0.4, -0.2) is 37.6 Å². The van der Waals surface area contributed by atoms with Crippen LogP contribution in [0.25, 0.3) is 22.3 Å². The highest BCUT2D eigenvalue weighted by Crippen LogP contribution is 2.21. The molecule has 0 aliphatic rings. The number of methoxy groups -OCH3 is 1. The molecule has 4 rings (SSSR count). The van der Waals surface area contributed by atoms with Crippen molar-refractivity contribution in [2.45, 2.75) is 11.7 Å². The van der Waals surface area contributed by atoms with Crippen molar-refractivity contribution in [3.63, 3.8) is 0 Å². The molecule has 2 aromatic carbocycles. The van der Waals surface area contributed by atoms with Crippen LogP contribution in [0.4, 0.5) is 0 Å². The van der Waals surface area contributed by atoms with E-state index in [1.165, 1.54) is 11.8 Å². The van der Waals surface area contributed by atoms with Crippen LogP contribution in [0.2, 0.25) is 0 Å². The molecule has 0 aliphatic heterocycles. The van der Waals surface area contributed by atoms with E-state index in [0.29, 0.717) is 34.2 Å². The van der Waals surface area contributed by atoms with Gasteiger partial charge in [0, 0.05) is 17.9 Å². The summed E-state index contributed by atoms with van der Waals surface area (Å²) >= 11 is 1.49. The fourth-order valence-corrected chi connectivity index (χ4v) is 3.43. The molecule has 0 saturated heterocycles. The van der Waals surface area contributed by atoms with Gasteiger partial charge in [0.15, 0.2) is 5.82 Å². The molecule has 136 valence electrons. The number of aryl methyl sites for hydroxylation is 1. The number of aromatic amines is 1. The number of aromatic nitrogens is 5. The maximum Gasteiger partial charge on any atom is 0.261 e. The number of H-pyrrole nitrogens is 1. The molecule has 0 atom stereocenters. The van der Waals surface area contributed by atoms with Crippen LogP contribution in [0.1, 0.15) is 0 Å². The Bertz CT molecular complexity index is 1120. The molecule has 4 aromatic rings. The molecular weight excluding hydrogens is 362 g/mol. The minimum atomic E-state index is -0.0323. The molecule has 7 nitrogen and oxygen atoms in total. The second-order valence-electron chi connectivity index (χ2n) is 5.80. The van der Waals surface area contributed by atoms with Gasteiger partial charge in [-0.1, -0.05) is 23.9 Å². The Labute approximate surface area is 159 Å². The molecule has 8 heteroatoms. The van der Waals surface area contributed by atoms with E-state index in [1.54, 1.807) is 24.1 Å². The van der Waals surface area contributed by atoms with E-state index in [0.717, 1.165) is 11.3 Å². The summed E-state index contributed by atoms with van der Waals surface area (Å²) in [5, 5.41) is 8.44. The third kappa shape index (κ3) is 3.70. The lowest BCUT2D eigenvalue weighted by Gasteiger charge is -2.05. The highest BCUT2D eigenvalue weighted by atomic mass is 32.2. The maximum atomic E-state index is 12.5. The van der Waals surface area contributed by atoms with Crippen molar-refractivity contribution in [1.29, 1.82) is 0 Å². The number of ether oxygens (including phenoxy) is 1. The number of thioether (sulfide) groups is 1. The summed E-state index contributed by atoms with van der Waals surface area (Å²) in [4.78, 5) is 21.3. The Balaban J connectivity index is 1.42. The summed E-state index contributed by atoms with van der Waals surface area (Å²) in [5.41, 5.74) is 1.62. The molecule has 0 aliphatic carbocycles. The zero-order valence-electron chi connectivity index (χ0n) is 14.6. The topological polar surface area (TPSA) is 85.7 Å². The predicted octanol–water partition coefficient (Wildman–Crippen LogP) is 2.98. The molecule has 0 radical (unpaired) electrons. The van der Waals surface area contributed by atoms with Crippen LogP contribution in [0, 0.1) is 0 Å². The van der Waals surface area contributed by atoms with Crippen molar-refractivity contribution in [3.8, 4) is 17.1 Å². The first kappa shape index (κ1) is 17.3. The molecule has 0 spiro atoms. The summed E-state index contributed by atoms with van der Waals surface area (Å²) in [7, 11) is 1.63. The normalized spacial score (nSPS) is 11.0. The molecular formula is C19H17N5O2S. The first-order chi connectivity index (χ1) is 13.2. The lowest BCUT2D eigenvalue weighted by Crippen LogP contribution is -2.21. The summed E-state index contributed by atoms with van der Waals surface area (Å²) in [6, 6.07) is 15.0. The lowest BCUT2D eigenvalue weighted by atomic mass is 10.2. The summed E-state index contributed by atoms with van der Waals surface area (Å²) in [6.07, 6.45) is 1.59. The zero-order chi connectivity index (χ0) is 18.6. The number of hydrogen-bond acceptors (Lipinski definition) is 6. The van der Waals surface area contributed by atoms with Crippen LogP contribution >= 0.6 is 11.8 Å². The van der Waals surface area contributed by atoms with Gasteiger partial charge < -0.3 is 4.74 Å². The van der Waals surface area contributed by atoms with Crippen LogP contribution in [0.15, 0.2) is 64.8 Å². The molecule has 0 bridgehead atoms. The number of rotatable bonds is 6. The summed E-state index contributed by atoms with van der Waals surface area (Å²) < 4.78 is 6.78. The molecule has 0 amide bonds. The third-order valence-corrected chi connectivity index (χ3v) is 4.95. The SMILES string of the molecule is COc1ccc(-c2nc(SCCn3cnc4ccccc4c3=O)n[nH]2)cc1. The largest absolute Gasteiger partial charge is 0.497 e. The van der Waals surface area contributed by atoms with E-state index < -0.39 is 0 Å². The van der Waals surface area contributed by atoms with E-state index in [4.69, 9.17) is 4.74 Å². The standard InChI is InChI=1S/C19H17N5O2S/c1-26-14-8-6-13(7-9-14)17-21-19(23-22-17)27-11-10-24-12-20-16-5-3-2-4-15(16)18(24)25/h2-9,12H,10-11H2,1H3,(H,21,22,23). The molecule has 2 aromatic heterocycles. The first-order valence-corrected chi connectivity index (χ1v) is 9.37. The van der Waals surface area contributed by atoms with Crippen molar-refractivity contribution in [2.75, 3.05) is 12.9 Å². The highest BCUT2D eigenvalue weighted by molar-refractivity contribution is 7.99. The molecule has 0 saturated carbocycles. The van der Waals surface area contributed by atoms with E-state index in [-0.39, 0.29) is 5.56 Å². The number of nitrogens with one attached hydrogen (secondary N) is 1. The fourth-order valence-electron chi connectivity index (χ4n) is 2.69. The third-order valence-electron chi connectivity index (χ3n) is 4.12. The second kappa shape index (κ2) is 7.63. The van der Waals surface area contributed by atoms with Gasteiger partial charge in [-0.2, -0.15) is 0 Å². The van der Waals surface area contributed by atoms with Gasteiger partial charge >= 0.3 is 0 Å². The average molecular weight is 379 g/mol. The average Bonchev–Trinajstić information content (AvgIpc) is 3.19. The Morgan fingerprint density at radius 1 is 1.15 bits per heavy atom.